The Morgan fingerprint density at radius 3 is 2.64 bits per heavy atom. The van der Waals surface area contributed by atoms with Crippen molar-refractivity contribution < 1.29 is 0 Å². The number of para-hydroxylation sites is 1. The van der Waals surface area contributed by atoms with Crippen molar-refractivity contribution in [3.63, 3.8) is 0 Å². The Hall–Kier alpha value is -0.980. The lowest BCUT2D eigenvalue weighted by Gasteiger charge is -2.06. The van der Waals surface area contributed by atoms with Crippen LogP contribution in [0.3, 0.4) is 0 Å². The van der Waals surface area contributed by atoms with Gasteiger partial charge in [-0.05, 0) is 18.6 Å². The van der Waals surface area contributed by atoms with Gasteiger partial charge in [0.25, 0.3) is 0 Å². The maximum atomic E-state index is 4.53. The number of hydrogen-bond donors (Lipinski definition) is 0. The molecule has 0 saturated heterocycles. The van der Waals surface area contributed by atoms with Crippen molar-refractivity contribution in [2.24, 2.45) is 0 Å². The molecular weight excluding hydrogens is 134 g/mol. The van der Waals surface area contributed by atoms with E-state index in [2.05, 4.69) is 37.4 Å². The van der Waals surface area contributed by atoms with Crippen molar-refractivity contribution in [2.75, 3.05) is 0 Å². The molecule has 0 bridgehead atoms. The van der Waals surface area contributed by atoms with E-state index >= 15 is 0 Å². The predicted octanol–water partition coefficient (Wildman–Crippen LogP) is 2.43. The van der Waals surface area contributed by atoms with Crippen LogP contribution in [0.2, 0.25) is 0 Å². The lowest BCUT2D eigenvalue weighted by atomic mass is 9.99. The van der Waals surface area contributed by atoms with Crippen LogP contribution in [-0.4, -0.2) is 6.04 Å². The van der Waals surface area contributed by atoms with Crippen LogP contribution in [0.5, 0.6) is 0 Å². The minimum atomic E-state index is 0.465. The standard InChI is InChI=1S/C10H12N/c1-7-8(2)11-10-6-4-3-5-9(7)10/h3-8H,1-2H3. The van der Waals surface area contributed by atoms with Crippen LogP contribution in [-0.2, 0) is 0 Å². The quantitative estimate of drug-likeness (QED) is 0.533. The lowest BCUT2D eigenvalue weighted by molar-refractivity contribution is 0.590. The van der Waals surface area contributed by atoms with Gasteiger partial charge in [-0.1, -0.05) is 25.1 Å². The zero-order valence-electron chi connectivity index (χ0n) is 6.91. The van der Waals surface area contributed by atoms with Gasteiger partial charge in [0.1, 0.15) is 0 Å². The first-order valence-corrected chi connectivity index (χ1v) is 4.09. The van der Waals surface area contributed by atoms with Crippen LogP contribution in [0, 0.1) is 0 Å². The van der Waals surface area contributed by atoms with Gasteiger partial charge in [-0.25, -0.2) is 0 Å². The fraction of sp³-hybridized carbons (Fsp3) is 0.400. The number of benzene rings is 1. The molecule has 1 aromatic carbocycles. The summed E-state index contributed by atoms with van der Waals surface area (Å²) in [6.45, 7) is 4.41. The van der Waals surface area contributed by atoms with Gasteiger partial charge in [-0.3, -0.25) is 5.32 Å². The SMILES string of the molecule is CC1[N]c2ccccc2C1C. The summed E-state index contributed by atoms with van der Waals surface area (Å²) < 4.78 is 0. The molecule has 0 N–H and O–H groups in total. The van der Waals surface area contributed by atoms with E-state index in [4.69, 9.17) is 0 Å². The monoisotopic (exact) mass is 146 g/mol. The Kier molecular flexibility index (Phi) is 1.38. The Labute approximate surface area is 67.4 Å². The van der Waals surface area contributed by atoms with Crippen molar-refractivity contribution in [1.29, 1.82) is 0 Å². The minimum Gasteiger partial charge on any atom is -0.281 e. The summed E-state index contributed by atoms with van der Waals surface area (Å²) in [7, 11) is 0. The molecule has 1 nitrogen and oxygen atoms in total. The van der Waals surface area contributed by atoms with Crippen molar-refractivity contribution in [1.82, 2.24) is 5.32 Å². The zero-order chi connectivity index (χ0) is 7.84. The molecule has 2 rings (SSSR count). The molecule has 1 aliphatic heterocycles. The Morgan fingerprint density at radius 2 is 1.91 bits per heavy atom. The fourth-order valence-electron chi connectivity index (χ4n) is 1.58. The smallest absolute Gasteiger partial charge is 0.0613 e. The molecule has 11 heavy (non-hydrogen) atoms. The topological polar surface area (TPSA) is 14.1 Å². The largest absolute Gasteiger partial charge is 0.281 e. The minimum absolute atomic E-state index is 0.465. The van der Waals surface area contributed by atoms with Gasteiger partial charge in [-0.2, -0.15) is 0 Å². The van der Waals surface area contributed by atoms with Gasteiger partial charge < -0.3 is 0 Å². The summed E-state index contributed by atoms with van der Waals surface area (Å²) in [4.78, 5) is 0. The highest BCUT2D eigenvalue weighted by Crippen LogP contribution is 2.34. The van der Waals surface area contributed by atoms with Crippen molar-refractivity contribution >= 4 is 5.69 Å². The second-order valence-electron chi connectivity index (χ2n) is 3.22. The molecule has 1 aliphatic rings. The van der Waals surface area contributed by atoms with E-state index in [1.54, 1.807) is 0 Å². The van der Waals surface area contributed by atoms with Crippen LogP contribution < -0.4 is 5.32 Å². The summed E-state index contributed by atoms with van der Waals surface area (Å²) in [5.74, 6) is 0.603. The molecule has 0 amide bonds. The lowest BCUT2D eigenvalue weighted by Crippen LogP contribution is -2.11. The van der Waals surface area contributed by atoms with Gasteiger partial charge in [0.2, 0.25) is 0 Å². The normalized spacial score (nSPS) is 27.8. The van der Waals surface area contributed by atoms with Crippen molar-refractivity contribution in [3.05, 3.63) is 29.8 Å². The first kappa shape index (κ1) is 6.71. The number of fused-ring (bicyclic) bond motifs is 1. The molecule has 57 valence electrons. The van der Waals surface area contributed by atoms with Crippen molar-refractivity contribution in [3.8, 4) is 0 Å². The third-order valence-electron chi connectivity index (χ3n) is 2.49. The fourth-order valence-corrected chi connectivity index (χ4v) is 1.58. The Balaban J connectivity index is 2.47. The van der Waals surface area contributed by atoms with E-state index in [-0.39, 0.29) is 0 Å². The molecule has 0 aromatic heterocycles. The molecule has 2 atom stereocenters. The zero-order valence-corrected chi connectivity index (χ0v) is 6.91. The highest BCUT2D eigenvalue weighted by Gasteiger charge is 2.25. The average molecular weight is 146 g/mol. The van der Waals surface area contributed by atoms with Crippen LogP contribution in [0.4, 0.5) is 5.69 Å². The Bertz CT molecular complexity index is 267. The second kappa shape index (κ2) is 2.26. The van der Waals surface area contributed by atoms with Gasteiger partial charge >= 0.3 is 0 Å². The van der Waals surface area contributed by atoms with E-state index in [1.165, 1.54) is 11.3 Å². The van der Waals surface area contributed by atoms with E-state index in [0.717, 1.165) is 0 Å². The van der Waals surface area contributed by atoms with E-state index in [0.29, 0.717) is 12.0 Å². The molecule has 1 heterocycles. The van der Waals surface area contributed by atoms with Gasteiger partial charge in [0, 0.05) is 5.92 Å². The molecule has 1 heteroatoms. The maximum Gasteiger partial charge on any atom is 0.0613 e. The van der Waals surface area contributed by atoms with E-state index < -0.39 is 0 Å². The van der Waals surface area contributed by atoms with E-state index in [9.17, 15) is 0 Å². The molecule has 0 aliphatic carbocycles. The van der Waals surface area contributed by atoms with Crippen LogP contribution >= 0.6 is 0 Å². The molecule has 1 aromatic rings. The first-order valence-electron chi connectivity index (χ1n) is 4.09. The Morgan fingerprint density at radius 1 is 1.18 bits per heavy atom. The molecule has 0 spiro atoms. The van der Waals surface area contributed by atoms with Crippen LogP contribution in [0.15, 0.2) is 24.3 Å². The van der Waals surface area contributed by atoms with Crippen LogP contribution in [0.1, 0.15) is 25.3 Å². The summed E-state index contributed by atoms with van der Waals surface area (Å²) in [5, 5.41) is 4.53. The summed E-state index contributed by atoms with van der Waals surface area (Å²) in [5.41, 5.74) is 2.59. The summed E-state index contributed by atoms with van der Waals surface area (Å²) in [6.07, 6.45) is 0. The van der Waals surface area contributed by atoms with Crippen molar-refractivity contribution in [2.45, 2.75) is 25.8 Å². The van der Waals surface area contributed by atoms with Gasteiger partial charge in [0.15, 0.2) is 0 Å². The number of hydrogen-bond acceptors (Lipinski definition) is 0. The molecule has 0 saturated carbocycles. The second-order valence-corrected chi connectivity index (χ2v) is 3.22. The van der Waals surface area contributed by atoms with Gasteiger partial charge in [-0.15, -0.1) is 0 Å². The predicted molar refractivity (Wildman–Crippen MR) is 46.1 cm³/mol. The maximum absolute atomic E-state index is 4.53. The average Bonchev–Trinajstić information content (AvgIpc) is 2.30. The molecule has 1 radical (unpaired) electrons. The summed E-state index contributed by atoms with van der Waals surface area (Å²) in [6, 6.07) is 8.87. The summed E-state index contributed by atoms with van der Waals surface area (Å²) >= 11 is 0. The van der Waals surface area contributed by atoms with Gasteiger partial charge in [0.05, 0.1) is 11.7 Å². The third-order valence-corrected chi connectivity index (χ3v) is 2.49. The molecule has 0 fully saturated rings. The third kappa shape index (κ3) is 0.917. The number of rotatable bonds is 0. The van der Waals surface area contributed by atoms with Crippen LogP contribution in [0.25, 0.3) is 0 Å². The van der Waals surface area contributed by atoms with E-state index in [1.807, 2.05) is 6.07 Å². The highest BCUT2D eigenvalue weighted by atomic mass is 15.0. The highest BCUT2D eigenvalue weighted by molar-refractivity contribution is 5.51. The first-order chi connectivity index (χ1) is 5.29. The number of nitrogens with zero attached hydrogens (tertiary/aromatic N) is 1. The molecular formula is C10H12N. The molecule has 2 unspecified atom stereocenters.